The minimum absolute atomic E-state index is 0.0735. The van der Waals surface area contributed by atoms with Crippen LogP contribution in [0.2, 0.25) is 0 Å². The number of aliphatic carboxylic acids is 3. The molecule has 1 aromatic carbocycles. The fourth-order valence-electron chi connectivity index (χ4n) is 7.99. The SMILES string of the molecule is N#C[C@@H]1CC(F)(F)CN1C(=O)CNC(=O)c1ccnc2ccc(OCCOCCOCCN3CCN(C(=O)CN4CCN(CC(=O)O)CCN(CC(=O)O)CCN(CC(=O)O)CC4)CC3)cc12. The first kappa shape index (κ1) is 52.3. The second-order valence-corrected chi connectivity index (χ2v) is 16.5. The Labute approximate surface area is 386 Å². The number of likely N-dealkylation sites (tertiary alicyclic amines) is 1. The molecule has 0 unspecified atom stereocenters. The number of carboxylic acids is 3. The molecule has 368 valence electrons. The maximum Gasteiger partial charge on any atom is 0.317 e. The van der Waals surface area contributed by atoms with Crippen LogP contribution in [-0.2, 0) is 33.4 Å². The van der Waals surface area contributed by atoms with Gasteiger partial charge in [-0.2, -0.15) is 5.26 Å². The monoisotopic (exact) mass is 946 g/mol. The van der Waals surface area contributed by atoms with Gasteiger partial charge in [0.2, 0.25) is 11.8 Å². The molecule has 0 spiro atoms. The zero-order chi connectivity index (χ0) is 48.3. The van der Waals surface area contributed by atoms with Gasteiger partial charge < -0.3 is 44.6 Å². The topological polar surface area (TPSA) is 262 Å². The van der Waals surface area contributed by atoms with Gasteiger partial charge in [-0.25, -0.2) is 8.78 Å². The molecule has 5 rings (SSSR count). The number of halogens is 2. The standard InChI is InChI=1S/C43H60F2N10O12/c44-43(45)24-32(25-46)55(31-43)37(56)26-48-42(64)34-3-4-47-36-2-1-33(23-35(34)36)67-22-21-66-20-19-65-18-17-49-13-15-54(16-14-49)38(57)27-50-5-7-51(28-39(58)59)9-11-53(30-41(62)63)12-10-52(8-6-50)29-40(60)61/h1-4,23,32H,5-22,24,26-31H2,(H,48,64)(H,58,59)(H,60,61)(H,62,63)/t32-/m0/s1. The summed E-state index contributed by atoms with van der Waals surface area (Å²) in [6.45, 7) is 5.09. The van der Waals surface area contributed by atoms with Crippen LogP contribution in [0.25, 0.3) is 10.9 Å². The predicted molar refractivity (Wildman–Crippen MR) is 234 cm³/mol. The van der Waals surface area contributed by atoms with E-state index in [0.717, 1.165) is 4.90 Å². The number of ether oxygens (including phenoxy) is 3. The zero-order valence-corrected chi connectivity index (χ0v) is 37.4. The van der Waals surface area contributed by atoms with Crippen LogP contribution >= 0.6 is 0 Å². The molecular formula is C43H60F2N10O12. The average Bonchev–Trinajstić information content (AvgIpc) is 3.62. The lowest BCUT2D eigenvalue weighted by atomic mass is 10.1. The molecule has 22 nitrogen and oxygen atoms in total. The van der Waals surface area contributed by atoms with E-state index in [4.69, 9.17) is 14.2 Å². The summed E-state index contributed by atoms with van der Waals surface area (Å²) in [5, 5.41) is 40.4. The van der Waals surface area contributed by atoms with Gasteiger partial charge in [0.15, 0.2) is 0 Å². The first-order valence-corrected chi connectivity index (χ1v) is 22.2. The quantitative estimate of drug-likeness (QED) is 0.107. The highest BCUT2D eigenvalue weighted by atomic mass is 19.3. The van der Waals surface area contributed by atoms with Gasteiger partial charge in [-0.3, -0.25) is 58.3 Å². The number of alkyl halides is 2. The minimum atomic E-state index is -3.17. The number of carbonyl (C=O) groups is 6. The van der Waals surface area contributed by atoms with Crippen LogP contribution in [0.4, 0.5) is 8.78 Å². The van der Waals surface area contributed by atoms with Crippen molar-refractivity contribution in [1.29, 1.82) is 5.26 Å². The molecule has 1 aromatic heterocycles. The summed E-state index contributed by atoms with van der Waals surface area (Å²) in [5.74, 6) is -7.26. The van der Waals surface area contributed by atoms with Gasteiger partial charge in [0.25, 0.3) is 11.8 Å². The van der Waals surface area contributed by atoms with Crippen molar-refractivity contribution in [2.24, 2.45) is 0 Å². The summed E-state index contributed by atoms with van der Waals surface area (Å²) in [7, 11) is 0. The number of carboxylic acid groups (broad SMARTS) is 3. The van der Waals surface area contributed by atoms with Gasteiger partial charge in [-0.15, -0.1) is 0 Å². The zero-order valence-electron chi connectivity index (χ0n) is 37.4. The number of hydrogen-bond donors (Lipinski definition) is 4. The number of nitrogens with zero attached hydrogens (tertiary/aromatic N) is 9. The number of pyridine rings is 1. The summed E-state index contributed by atoms with van der Waals surface area (Å²) < 4.78 is 44.8. The Hall–Kier alpha value is -5.68. The van der Waals surface area contributed by atoms with Gasteiger partial charge in [0.1, 0.15) is 18.4 Å². The highest BCUT2D eigenvalue weighted by Gasteiger charge is 2.47. The Kier molecular flexibility index (Phi) is 20.3. The largest absolute Gasteiger partial charge is 0.491 e. The lowest BCUT2D eigenvalue weighted by molar-refractivity contribution is -0.141. The first-order chi connectivity index (χ1) is 32.1. The molecule has 0 saturated carbocycles. The van der Waals surface area contributed by atoms with E-state index in [1.807, 2.05) is 4.90 Å². The number of aromatic nitrogens is 1. The fourth-order valence-corrected chi connectivity index (χ4v) is 7.99. The van der Waals surface area contributed by atoms with Crippen LogP contribution in [0.5, 0.6) is 5.75 Å². The number of benzene rings is 1. The number of hydrogen-bond acceptors (Lipinski definition) is 16. The van der Waals surface area contributed by atoms with E-state index in [2.05, 4.69) is 15.2 Å². The van der Waals surface area contributed by atoms with Crippen LogP contribution in [0.15, 0.2) is 30.5 Å². The molecule has 67 heavy (non-hydrogen) atoms. The molecular weight excluding hydrogens is 887 g/mol. The molecule has 2 aromatic rings. The van der Waals surface area contributed by atoms with Crippen molar-refractivity contribution in [2.75, 3.05) is 157 Å². The van der Waals surface area contributed by atoms with Crippen molar-refractivity contribution in [3.63, 3.8) is 0 Å². The number of amides is 3. The number of rotatable bonds is 21. The highest BCUT2D eigenvalue weighted by molar-refractivity contribution is 6.07. The second kappa shape index (κ2) is 26.0. The van der Waals surface area contributed by atoms with Crippen molar-refractivity contribution in [2.45, 2.75) is 18.4 Å². The third-order valence-corrected chi connectivity index (χ3v) is 11.6. The third-order valence-electron chi connectivity index (χ3n) is 11.6. The van der Waals surface area contributed by atoms with Crippen molar-refractivity contribution >= 4 is 46.5 Å². The smallest absolute Gasteiger partial charge is 0.317 e. The normalized spacial score (nSPS) is 19.6. The van der Waals surface area contributed by atoms with Crippen LogP contribution < -0.4 is 10.1 Å². The van der Waals surface area contributed by atoms with Gasteiger partial charge in [0.05, 0.1) is 82.8 Å². The maximum atomic E-state index is 13.8. The number of carbonyl (C=O) groups excluding carboxylic acids is 3. The van der Waals surface area contributed by atoms with Crippen molar-refractivity contribution in [3.05, 3.63) is 36.0 Å². The van der Waals surface area contributed by atoms with E-state index in [1.54, 1.807) is 43.9 Å². The Morgan fingerprint density at radius 3 is 1.78 bits per heavy atom. The highest BCUT2D eigenvalue weighted by Crippen LogP contribution is 2.31. The number of fused-ring (bicyclic) bond motifs is 1. The number of piperazine rings is 1. The second-order valence-electron chi connectivity index (χ2n) is 16.5. The molecule has 0 bridgehead atoms. The minimum Gasteiger partial charge on any atom is -0.491 e. The molecule has 3 aliphatic rings. The maximum absolute atomic E-state index is 13.8. The van der Waals surface area contributed by atoms with Crippen LogP contribution in [0, 0.1) is 11.3 Å². The summed E-state index contributed by atoms with van der Waals surface area (Å²) in [4.78, 5) is 89.8. The van der Waals surface area contributed by atoms with Gasteiger partial charge in [-0.05, 0) is 24.3 Å². The average molecular weight is 947 g/mol. The van der Waals surface area contributed by atoms with Crippen LogP contribution in [0.1, 0.15) is 16.8 Å². The Bertz CT molecular complexity index is 2020. The van der Waals surface area contributed by atoms with Crippen molar-refractivity contribution in [1.82, 2.24) is 44.6 Å². The summed E-state index contributed by atoms with van der Waals surface area (Å²) >= 11 is 0. The molecule has 3 saturated heterocycles. The number of nitrogens with one attached hydrogen (secondary N) is 1. The van der Waals surface area contributed by atoms with Gasteiger partial charge in [-0.1, -0.05) is 0 Å². The molecule has 3 amide bonds. The van der Waals surface area contributed by atoms with Gasteiger partial charge >= 0.3 is 17.9 Å². The van der Waals surface area contributed by atoms with E-state index < -0.39 is 61.2 Å². The van der Waals surface area contributed by atoms with Crippen LogP contribution in [0.3, 0.4) is 0 Å². The Morgan fingerprint density at radius 1 is 0.701 bits per heavy atom. The predicted octanol–water partition coefficient (Wildman–Crippen LogP) is -1.24. The lowest BCUT2D eigenvalue weighted by Crippen LogP contribution is -2.53. The molecule has 3 fully saturated rings. The Morgan fingerprint density at radius 2 is 1.22 bits per heavy atom. The molecule has 24 heteroatoms. The molecule has 4 N–H and O–H groups in total. The van der Waals surface area contributed by atoms with Gasteiger partial charge in [0, 0.05) is 103 Å². The fraction of sp³-hybridized carbons (Fsp3) is 0.628. The molecule has 1 atom stereocenters. The third kappa shape index (κ3) is 17.5. The van der Waals surface area contributed by atoms with E-state index in [9.17, 15) is 58.1 Å². The summed E-state index contributed by atoms with van der Waals surface area (Å²) in [5.41, 5.74) is 0.693. The number of nitriles is 1. The van der Waals surface area contributed by atoms with E-state index in [-0.39, 0.29) is 50.9 Å². The molecule has 0 radical (unpaired) electrons. The van der Waals surface area contributed by atoms with E-state index in [0.29, 0.717) is 122 Å². The molecule has 4 heterocycles. The van der Waals surface area contributed by atoms with Crippen molar-refractivity contribution < 1.29 is 67.1 Å². The lowest BCUT2D eigenvalue weighted by Gasteiger charge is -2.36. The van der Waals surface area contributed by atoms with E-state index >= 15 is 0 Å². The molecule has 0 aliphatic carbocycles. The van der Waals surface area contributed by atoms with Crippen molar-refractivity contribution in [3.8, 4) is 11.8 Å². The summed E-state index contributed by atoms with van der Waals surface area (Å²) in [6, 6.07) is 6.90. The first-order valence-electron chi connectivity index (χ1n) is 22.2. The molecule has 3 aliphatic heterocycles. The van der Waals surface area contributed by atoms with E-state index in [1.165, 1.54) is 12.3 Å². The van der Waals surface area contributed by atoms with Crippen LogP contribution in [-0.4, -0.2) is 260 Å². The summed E-state index contributed by atoms with van der Waals surface area (Å²) in [6.07, 6.45) is 0.686. The Balaban J connectivity index is 0.971.